The highest BCUT2D eigenvalue weighted by Crippen LogP contribution is 2.27. The van der Waals surface area contributed by atoms with E-state index in [2.05, 4.69) is 0 Å². The molecule has 0 aromatic heterocycles. The molecule has 0 amide bonds. The van der Waals surface area contributed by atoms with Gasteiger partial charge in [0.25, 0.3) is 0 Å². The van der Waals surface area contributed by atoms with Crippen LogP contribution in [0.3, 0.4) is 0 Å². The summed E-state index contributed by atoms with van der Waals surface area (Å²) in [5.74, 6) is -0.151. The number of carbonyl (C=O) groups excluding carboxylic acids is 2. The first-order valence-corrected chi connectivity index (χ1v) is 9.66. The molecule has 10 nitrogen and oxygen atoms in total. The molecule has 32 heavy (non-hydrogen) atoms. The fraction of sp³-hybridized carbons (Fsp3) is 0.364. The smallest absolute Gasteiger partial charge is 0.376 e. The van der Waals surface area contributed by atoms with Gasteiger partial charge in [0, 0.05) is 18.6 Å². The van der Waals surface area contributed by atoms with E-state index >= 15 is 0 Å². The van der Waals surface area contributed by atoms with Crippen LogP contribution < -0.4 is 18.9 Å². The summed E-state index contributed by atoms with van der Waals surface area (Å²) in [4.78, 5) is 44.6. The van der Waals surface area contributed by atoms with Crippen molar-refractivity contribution in [2.24, 2.45) is 0 Å². The van der Waals surface area contributed by atoms with Crippen LogP contribution in [0.1, 0.15) is 40.5 Å². The third kappa shape index (κ3) is 6.50. The third-order valence-corrected chi connectivity index (χ3v) is 4.24. The van der Waals surface area contributed by atoms with Gasteiger partial charge in [0.15, 0.2) is 0 Å². The minimum atomic E-state index is -1.15. The van der Waals surface area contributed by atoms with Gasteiger partial charge >= 0.3 is 11.9 Å². The van der Waals surface area contributed by atoms with Crippen LogP contribution in [0.15, 0.2) is 36.4 Å². The topological polar surface area (TPSA) is 108 Å². The first-order chi connectivity index (χ1) is 15.5. The van der Waals surface area contributed by atoms with Crippen LogP contribution >= 0.6 is 0 Å². The molecular weight excluding hydrogens is 424 g/mol. The van der Waals surface area contributed by atoms with Gasteiger partial charge in [-0.15, -0.1) is 9.78 Å². The normalized spacial score (nSPS) is 10.4. The van der Waals surface area contributed by atoms with Gasteiger partial charge in [0.1, 0.15) is 34.1 Å². The van der Waals surface area contributed by atoms with E-state index in [0.29, 0.717) is 17.9 Å². The zero-order chi connectivity index (χ0) is 23.5. The predicted octanol–water partition coefficient (Wildman–Crippen LogP) is 3.72. The highest BCUT2D eigenvalue weighted by atomic mass is 17.3. The van der Waals surface area contributed by atoms with Crippen molar-refractivity contribution in [3.8, 4) is 23.0 Å². The third-order valence-electron chi connectivity index (χ3n) is 4.24. The number of ether oxygens (including phenoxy) is 4. The van der Waals surface area contributed by atoms with E-state index in [1.807, 2.05) is 6.92 Å². The molecule has 0 bridgehead atoms. The molecular formula is C22H26O10. The Morgan fingerprint density at radius 1 is 0.719 bits per heavy atom. The quantitative estimate of drug-likeness (QED) is 0.270. The Morgan fingerprint density at radius 2 is 1.16 bits per heavy atom. The molecule has 0 N–H and O–H groups in total. The Kier molecular flexibility index (Phi) is 9.58. The first-order valence-electron chi connectivity index (χ1n) is 9.66. The molecule has 0 saturated heterocycles. The van der Waals surface area contributed by atoms with Crippen LogP contribution in [0, 0.1) is 0 Å². The molecule has 2 aromatic rings. The molecule has 0 aliphatic rings. The van der Waals surface area contributed by atoms with Crippen LogP contribution in [0.4, 0.5) is 0 Å². The summed E-state index contributed by atoms with van der Waals surface area (Å²) in [6, 6.07) is 9.14. The Labute approximate surface area is 185 Å². The maximum absolute atomic E-state index is 12.4. The lowest BCUT2D eigenvalue weighted by molar-refractivity contribution is -0.421. The van der Waals surface area contributed by atoms with E-state index in [1.165, 1.54) is 52.7 Å². The highest BCUT2D eigenvalue weighted by Gasteiger charge is 2.22. The lowest BCUT2D eigenvalue weighted by atomic mass is 10.2. The highest BCUT2D eigenvalue weighted by molar-refractivity contribution is 5.93. The zero-order valence-electron chi connectivity index (χ0n) is 18.5. The van der Waals surface area contributed by atoms with Crippen LogP contribution in [0.2, 0.25) is 0 Å². The van der Waals surface area contributed by atoms with E-state index in [9.17, 15) is 9.59 Å². The number of carbonyl (C=O) groups is 2. The molecule has 0 fully saturated rings. The maximum atomic E-state index is 12.4. The standard InChI is InChI=1S/C22H26O10/c1-6-7-20(29-31-21(23)16-10-8-14(25-2)12-18(16)27-4)30-32-22(24)17-11-9-15(26-3)13-19(17)28-5/h8-13,20H,6-7H2,1-5H3. The second-order valence-electron chi connectivity index (χ2n) is 6.28. The lowest BCUT2D eigenvalue weighted by Crippen LogP contribution is -2.22. The first kappa shape index (κ1) is 24.8. The number of benzene rings is 2. The van der Waals surface area contributed by atoms with Gasteiger partial charge < -0.3 is 18.9 Å². The van der Waals surface area contributed by atoms with Gasteiger partial charge in [-0.2, -0.15) is 0 Å². The average molecular weight is 450 g/mol. The molecule has 0 aliphatic heterocycles. The molecule has 0 heterocycles. The molecule has 0 saturated carbocycles. The van der Waals surface area contributed by atoms with Gasteiger partial charge in [-0.3, -0.25) is 9.78 Å². The summed E-state index contributed by atoms with van der Waals surface area (Å²) < 4.78 is 20.5. The summed E-state index contributed by atoms with van der Waals surface area (Å²) in [6.45, 7) is 1.85. The van der Waals surface area contributed by atoms with Gasteiger partial charge in [0.2, 0.25) is 6.29 Å². The summed E-state index contributed by atoms with van der Waals surface area (Å²) >= 11 is 0. The van der Waals surface area contributed by atoms with Crippen molar-refractivity contribution in [1.29, 1.82) is 0 Å². The van der Waals surface area contributed by atoms with Crippen LogP contribution in [-0.2, 0) is 19.6 Å². The van der Waals surface area contributed by atoms with Gasteiger partial charge in [-0.25, -0.2) is 9.59 Å². The van der Waals surface area contributed by atoms with Crippen molar-refractivity contribution in [1.82, 2.24) is 0 Å². The maximum Gasteiger partial charge on any atom is 0.376 e. The van der Waals surface area contributed by atoms with E-state index < -0.39 is 18.2 Å². The molecule has 0 atom stereocenters. The van der Waals surface area contributed by atoms with E-state index in [1.54, 1.807) is 12.1 Å². The molecule has 2 aromatic carbocycles. The summed E-state index contributed by atoms with van der Waals surface area (Å²) in [6.07, 6.45) is -0.279. The lowest BCUT2D eigenvalue weighted by Gasteiger charge is -2.16. The Hall–Kier alpha value is -3.50. The van der Waals surface area contributed by atoms with Crippen molar-refractivity contribution >= 4 is 11.9 Å². The Balaban J connectivity index is 2.00. The Morgan fingerprint density at radius 3 is 1.50 bits per heavy atom. The fourth-order valence-corrected chi connectivity index (χ4v) is 2.57. The predicted molar refractivity (Wildman–Crippen MR) is 111 cm³/mol. The molecule has 174 valence electrons. The number of hydrogen-bond acceptors (Lipinski definition) is 10. The second-order valence-corrected chi connectivity index (χ2v) is 6.28. The minimum Gasteiger partial charge on any atom is -0.497 e. The van der Waals surface area contributed by atoms with Gasteiger partial charge in [-0.1, -0.05) is 13.3 Å². The summed E-state index contributed by atoms with van der Waals surface area (Å²) in [5, 5.41) is 0. The van der Waals surface area contributed by atoms with E-state index in [4.69, 9.17) is 38.5 Å². The fourth-order valence-electron chi connectivity index (χ4n) is 2.57. The number of rotatable bonds is 12. The average Bonchev–Trinajstić information content (AvgIpc) is 2.84. The van der Waals surface area contributed by atoms with Crippen molar-refractivity contribution in [2.75, 3.05) is 28.4 Å². The largest absolute Gasteiger partial charge is 0.497 e. The van der Waals surface area contributed by atoms with E-state index in [-0.39, 0.29) is 29.0 Å². The van der Waals surface area contributed by atoms with Crippen molar-refractivity contribution < 1.29 is 48.1 Å². The monoisotopic (exact) mass is 450 g/mol. The molecule has 0 unspecified atom stereocenters. The second kappa shape index (κ2) is 12.4. The summed E-state index contributed by atoms with van der Waals surface area (Å²) in [5.41, 5.74) is 0.229. The number of methoxy groups -OCH3 is 4. The van der Waals surface area contributed by atoms with E-state index in [0.717, 1.165) is 0 Å². The van der Waals surface area contributed by atoms with Crippen molar-refractivity contribution in [3.05, 3.63) is 47.5 Å². The SMILES string of the molecule is CCCC(OOC(=O)c1ccc(OC)cc1OC)OOC(=O)c1ccc(OC)cc1OC. The molecule has 10 heteroatoms. The molecule has 0 aliphatic carbocycles. The van der Waals surface area contributed by atoms with Crippen LogP contribution in [0.5, 0.6) is 23.0 Å². The minimum absolute atomic E-state index is 0.114. The van der Waals surface area contributed by atoms with Crippen LogP contribution in [0.25, 0.3) is 0 Å². The van der Waals surface area contributed by atoms with Crippen molar-refractivity contribution in [2.45, 2.75) is 26.1 Å². The van der Waals surface area contributed by atoms with Gasteiger partial charge in [0.05, 0.1) is 28.4 Å². The molecule has 2 rings (SSSR count). The molecule has 0 spiro atoms. The van der Waals surface area contributed by atoms with Gasteiger partial charge in [-0.05, 0) is 24.3 Å². The summed E-state index contributed by atoms with van der Waals surface area (Å²) in [7, 11) is 5.79. The molecule has 0 radical (unpaired) electrons. The van der Waals surface area contributed by atoms with Crippen molar-refractivity contribution in [3.63, 3.8) is 0 Å². The van der Waals surface area contributed by atoms with Crippen LogP contribution in [-0.4, -0.2) is 46.7 Å². The number of hydrogen-bond donors (Lipinski definition) is 0. The Bertz CT molecular complexity index is 840. The zero-order valence-corrected chi connectivity index (χ0v) is 18.5.